The van der Waals surface area contributed by atoms with Crippen molar-refractivity contribution in [1.82, 2.24) is 10.4 Å². The summed E-state index contributed by atoms with van der Waals surface area (Å²) in [6, 6.07) is 5.11. The number of esters is 1. The summed E-state index contributed by atoms with van der Waals surface area (Å²) in [5, 5.41) is 17.5. The van der Waals surface area contributed by atoms with Crippen LogP contribution in [0, 0.1) is 11.3 Å². The van der Waals surface area contributed by atoms with Gasteiger partial charge in [0.25, 0.3) is 0 Å². The number of pyridine rings is 1. The van der Waals surface area contributed by atoms with Gasteiger partial charge in [-0.25, -0.2) is 9.78 Å². The molecule has 0 saturated carbocycles. The highest BCUT2D eigenvalue weighted by atomic mass is 16.5. The average molecular weight is 262 g/mol. The number of aliphatic hydroxyl groups is 1. The standard InChI is InChI=1S/C12H14N4O3/c1-19-12(18)10(3-5-17)8-15-16-11-6-9(7-13)2-4-14-11/h2,4,6,8,15,17H,3,5H2,1H3,(H,14,16)/b10-8+. The third kappa shape index (κ3) is 4.65. The van der Waals surface area contributed by atoms with Gasteiger partial charge in [0.2, 0.25) is 0 Å². The van der Waals surface area contributed by atoms with E-state index in [2.05, 4.69) is 20.6 Å². The number of carbonyl (C=O) groups excluding carboxylic acids is 1. The van der Waals surface area contributed by atoms with Crippen molar-refractivity contribution in [2.75, 3.05) is 19.1 Å². The number of anilines is 1. The van der Waals surface area contributed by atoms with Gasteiger partial charge in [-0.15, -0.1) is 0 Å². The van der Waals surface area contributed by atoms with Gasteiger partial charge in [-0.3, -0.25) is 5.43 Å². The van der Waals surface area contributed by atoms with Crippen molar-refractivity contribution in [2.45, 2.75) is 6.42 Å². The Morgan fingerprint density at radius 1 is 1.68 bits per heavy atom. The van der Waals surface area contributed by atoms with Gasteiger partial charge in [0.15, 0.2) is 0 Å². The summed E-state index contributed by atoms with van der Waals surface area (Å²) in [6.45, 7) is -0.162. The fraction of sp³-hybridized carbons (Fsp3) is 0.250. The molecule has 0 amide bonds. The molecule has 0 bridgehead atoms. The second-order valence-corrected chi connectivity index (χ2v) is 3.45. The zero-order chi connectivity index (χ0) is 14.1. The molecule has 7 nitrogen and oxygen atoms in total. The third-order valence-electron chi connectivity index (χ3n) is 2.16. The highest BCUT2D eigenvalue weighted by Gasteiger charge is 2.08. The number of methoxy groups -OCH3 is 1. The van der Waals surface area contributed by atoms with Crippen LogP contribution in [0.2, 0.25) is 0 Å². The summed E-state index contributed by atoms with van der Waals surface area (Å²) < 4.78 is 4.56. The minimum Gasteiger partial charge on any atom is -0.466 e. The molecule has 0 radical (unpaired) electrons. The number of hydrogen-bond acceptors (Lipinski definition) is 7. The summed E-state index contributed by atoms with van der Waals surface area (Å²) in [7, 11) is 1.26. The van der Waals surface area contributed by atoms with Gasteiger partial charge in [-0.05, 0) is 12.1 Å². The van der Waals surface area contributed by atoms with Crippen LogP contribution in [-0.2, 0) is 9.53 Å². The second-order valence-electron chi connectivity index (χ2n) is 3.45. The molecule has 1 aromatic rings. The van der Waals surface area contributed by atoms with E-state index in [-0.39, 0.29) is 18.6 Å². The molecule has 0 aliphatic rings. The molecule has 1 aromatic heterocycles. The molecule has 19 heavy (non-hydrogen) atoms. The Bertz CT molecular complexity index is 508. The lowest BCUT2D eigenvalue weighted by Crippen LogP contribution is -2.19. The lowest BCUT2D eigenvalue weighted by Gasteiger charge is -2.07. The fourth-order valence-corrected chi connectivity index (χ4v) is 1.25. The Morgan fingerprint density at radius 2 is 2.47 bits per heavy atom. The van der Waals surface area contributed by atoms with E-state index in [1.54, 1.807) is 12.1 Å². The van der Waals surface area contributed by atoms with E-state index >= 15 is 0 Å². The van der Waals surface area contributed by atoms with Gasteiger partial charge in [0.05, 0.1) is 24.3 Å². The summed E-state index contributed by atoms with van der Waals surface area (Å²) in [4.78, 5) is 15.3. The Kier molecular flexibility index (Phi) is 5.85. The lowest BCUT2D eigenvalue weighted by molar-refractivity contribution is -0.136. The number of hydrazine groups is 1. The van der Waals surface area contributed by atoms with E-state index in [0.29, 0.717) is 11.4 Å². The minimum atomic E-state index is -0.526. The molecule has 0 atom stereocenters. The Labute approximate surface area is 110 Å². The zero-order valence-electron chi connectivity index (χ0n) is 10.4. The van der Waals surface area contributed by atoms with Crippen LogP contribution in [0.5, 0.6) is 0 Å². The quantitative estimate of drug-likeness (QED) is 0.384. The Morgan fingerprint density at radius 3 is 3.11 bits per heavy atom. The number of nitrogens with zero attached hydrogens (tertiary/aromatic N) is 2. The van der Waals surface area contributed by atoms with Crippen molar-refractivity contribution in [3.63, 3.8) is 0 Å². The van der Waals surface area contributed by atoms with Gasteiger partial charge >= 0.3 is 5.97 Å². The molecule has 0 fully saturated rings. The average Bonchev–Trinajstić information content (AvgIpc) is 2.45. The minimum absolute atomic E-state index is 0.162. The highest BCUT2D eigenvalue weighted by Crippen LogP contribution is 2.05. The number of ether oxygens (including phenoxy) is 1. The first-order valence-corrected chi connectivity index (χ1v) is 5.47. The van der Waals surface area contributed by atoms with Crippen LogP contribution >= 0.6 is 0 Å². The van der Waals surface area contributed by atoms with E-state index in [4.69, 9.17) is 10.4 Å². The van der Waals surface area contributed by atoms with Crippen LogP contribution in [0.1, 0.15) is 12.0 Å². The maximum absolute atomic E-state index is 11.3. The number of hydrogen-bond donors (Lipinski definition) is 3. The maximum atomic E-state index is 11.3. The smallest absolute Gasteiger partial charge is 0.335 e. The number of carbonyl (C=O) groups is 1. The molecule has 3 N–H and O–H groups in total. The fourth-order valence-electron chi connectivity index (χ4n) is 1.25. The van der Waals surface area contributed by atoms with E-state index in [1.165, 1.54) is 19.5 Å². The SMILES string of the molecule is COC(=O)/C(=C/NNc1cc(C#N)ccn1)CCO. The van der Waals surface area contributed by atoms with Crippen LogP contribution < -0.4 is 10.9 Å². The van der Waals surface area contributed by atoms with Crippen LogP contribution in [0.15, 0.2) is 30.1 Å². The molecular weight excluding hydrogens is 248 g/mol. The predicted molar refractivity (Wildman–Crippen MR) is 67.5 cm³/mol. The zero-order valence-corrected chi connectivity index (χ0v) is 10.4. The third-order valence-corrected chi connectivity index (χ3v) is 2.16. The lowest BCUT2D eigenvalue weighted by atomic mass is 10.2. The van der Waals surface area contributed by atoms with Crippen molar-refractivity contribution in [3.05, 3.63) is 35.7 Å². The molecule has 1 heterocycles. The van der Waals surface area contributed by atoms with Crippen LogP contribution in [0.4, 0.5) is 5.82 Å². The van der Waals surface area contributed by atoms with Crippen molar-refractivity contribution in [2.24, 2.45) is 0 Å². The molecule has 7 heteroatoms. The van der Waals surface area contributed by atoms with Gasteiger partial charge in [-0.1, -0.05) is 0 Å². The molecule has 0 aliphatic carbocycles. The first kappa shape index (κ1) is 14.5. The monoisotopic (exact) mass is 262 g/mol. The number of aromatic nitrogens is 1. The molecule has 0 spiro atoms. The maximum Gasteiger partial charge on any atom is 0.335 e. The normalized spacial score (nSPS) is 10.5. The van der Waals surface area contributed by atoms with Gasteiger partial charge in [0, 0.05) is 25.4 Å². The molecule has 1 rings (SSSR count). The summed E-state index contributed by atoms with van der Waals surface area (Å²) in [5.74, 6) is -0.0920. The molecular formula is C12H14N4O3. The second kappa shape index (κ2) is 7.68. The van der Waals surface area contributed by atoms with Crippen LogP contribution in [0.3, 0.4) is 0 Å². The molecule has 0 unspecified atom stereocenters. The Hall–Kier alpha value is -2.59. The summed E-state index contributed by atoms with van der Waals surface area (Å²) >= 11 is 0. The number of rotatable bonds is 6. The molecule has 0 saturated heterocycles. The van der Waals surface area contributed by atoms with Gasteiger partial charge in [0.1, 0.15) is 5.82 Å². The number of aliphatic hydroxyl groups excluding tert-OH is 1. The number of nitriles is 1. The van der Waals surface area contributed by atoms with Crippen LogP contribution in [-0.4, -0.2) is 29.8 Å². The molecule has 100 valence electrons. The first-order chi connectivity index (χ1) is 9.21. The van der Waals surface area contributed by atoms with Crippen molar-refractivity contribution in [1.29, 1.82) is 5.26 Å². The summed E-state index contributed by atoms with van der Waals surface area (Å²) in [6.07, 6.45) is 3.04. The predicted octanol–water partition coefficient (Wildman–Crippen LogP) is 0.309. The van der Waals surface area contributed by atoms with E-state index < -0.39 is 5.97 Å². The van der Waals surface area contributed by atoms with Crippen LogP contribution in [0.25, 0.3) is 0 Å². The van der Waals surface area contributed by atoms with Crippen molar-refractivity contribution in [3.8, 4) is 6.07 Å². The van der Waals surface area contributed by atoms with E-state index in [9.17, 15) is 4.79 Å². The number of nitrogens with one attached hydrogen (secondary N) is 2. The van der Waals surface area contributed by atoms with Crippen molar-refractivity contribution < 1.29 is 14.6 Å². The largest absolute Gasteiger partial charge is 0.466 e. The van der Waals surface area contributed by atoms with Gasteiger partial charge < -0.3 is 15.3 Å². The first-order valence-electron chi connectivity index (χ1n) is 5.47. The Balaban J connectivity index is 2.64. The molecule has 0 aromatic carbocycles. The van der Waals surface area contributed by atoms with E-state index in [0.717, 1.165) is 0 Å². The topological polar surface area (TPSA) is 107 Å². The highest BCUT2D eigenvalue weighted by molar-refractivity contribution is 5.88. The summed E-state index contributed by atoms with van der Waals surface area (Å²) in [5.41, 5.74) is 6.12. The van der Waals surface area contributed by atoms with Gasteiger partial charge in [-0.2, -0.15) is 5.26 Å². The van der Waals surface area contributed by atoms with E-state index in [1.807, 2.05) is 6.07 Å². The van der Waals surface area contributed by atoms with Crippen molar-refractivity contribution >= 4 is 11.8 Å². The molecule has 0 aliphatic heterocycles.